The van der Waals surface area contributed by atoms with Gasteiger partial charge in [-0.15, -0.1) is 0 Å². The Balaban J connectivity index is 2.41. The fourth-order valence-electron chi connectivity index (χ4n) is 2.93. The number of aryl methyl sites for hydroxylation is 2. The fraction of sp³-hybridized carbons (Fsp3) is 0.750. The Hall–Kier alpha value is -1.00. The molecule has 1 aromatic heterocycles. The number of hydrogen-bond acceptors (Lipinski definition) is 4. The molecule has 1 saturated carbocycles. The predicted octanol–water partition coefficient (Wildman–Crippen LogP) is 2.39. The van der Waals surface area contributed by atoms with E-state index in [1.807, 2.05) is 7.05 Å². The zero-order valence-corrected chi connectivity index (χ0v) is 13.3. The molecule has 0 amide bonds. The Labute approximate surface area is 122 Å². The van der Waals surface area contributed by atoms with Crippen LogP contribution in [0.5, 0.6) is 0 Å². The van der Waals surface area contributed by atoms with Gasteiger partial charge in [0.15, 0.2) is 5.82 Å². The summed E-state index contributed by atoms with van der Waals surface area (Å²) in [6, 6.07) is 0. The van der Waals surface area contributed by atoms with Crippen LogP contribution in [0.3, 0.4) is 0 Å². The fourth-order valence-corrected chi connectivity index (χ4v) is 2.93. The number of nitrogens with zero attached hydrogens (tertiary/aromatic N) is 2. The largest absolute Gasteiger partial charge is 0.370 e. The Morgan fingerprint density at radius 3 is 2.10 bits per heavy atom. The molecule has 0 aliphatic heterocycles. The molecule has 1 aromatic rings. The van der Waals surface area contributed by atoms with Crippen LogP contribution >= 0.6 is 0 Å². The maximum absolute atomic E-state index is 5.74. The highest BCUT2D eigenvalue weighted by molar-refractivity contribution is 5.29. The molecule has 1 aliphatic rings. The lowest BCUT2D eigenvalue weighted by Crippen LogP contribution is -2.38. The first-order chi connectivity index (χ1) is 9.70. The minimum Gasteiger partial charge on any atom is -0.370 e. The summed E-state index contributed by atoms with van der Waals surface area (Å²) < 4.78 is 5.74. The lowest BCUT2D eigenvalue weighted by Gasteiger charge is -2.39. The molecule has 0 saturated heterocycles. The molecular weight excluding hydrogens is 250 g/mol. The maximum atomic E-state index is 5.74. The van der Waals surface area contributed by atoms with Crippen LogP contribution < -0.4 is 5.32 Å². The first-order valence-electron chi connectivity index (χ1n) is 7.79. The standard InChI is InChI=1S/C16H27N3O/c1-5-13-12(8-11-17-3)14(6-2)19-15(18-13)16(20-4)9-7-10-16/h17H,5-11H2,1-4H3. The summed E-state index contributed by atoms with van der Waals surface area (Å²) in [5.41, 5.74) is 3.52. The number of likely N-dealkylation sites (N-methyl/N-ethyl adjacent to an activating group) is 1. The van der Waals surface area contributed by atoms with Gasteiger partial charge in [0, 0.05) is 18.5 Å². The highest BCUT2D eigenvalue weighted by Gasteiger charge is 2.42. The molecule has 1 N–H and O–H groups in total. The summed E-state index contributed by atoms with van der Waals surface area (Å²) >= 11 is 0. The van der Waals surface area contributed by atoms with Crippen molar-refractivity contribution in [2.45, 2.75) is 58.0 Å². The number of rotatable bonds is 7. The lowest BCUT2D eigenvalue weighted by atomic mass is 9.79. The van der Waals surface area contributed by atoms with Crippen LogP contribution in [-0.2, 0) is 29.6 Å². The molecule has 0 bridgehead atoms. The summed E-state index contributed by atoms with van der Waals surface area (Å²) in [5.74, 6) is 0.910. The molecular formula is C16H27N3O. The van der Waals surface area contributed by atoms with Gasteiger partial charge in [-0.25, -0.2) is 9.97 Å². The highest BCUT2D eigenvalue weighted by Crippen LogP contribution is 2.43. The van der Waals surface area contributed by atoms with Crippen molar-refractivity contribution in [2.75, 3.05) is 20.7 Å². The van der Waals surface area contributed by atoms with Crippen molar-refractivity contribution in [1.82, 2.24) is 15.3 Å². The highest BCUT2D eigenvalue weighted by atomic mass is 16.5. The minimum absolute atomic E-state index is 0.213. The van der Waals surface area contributed by atoms with E-state index in [4.69, 9.17) is 14.7 Å². The van der Waals surface area contributed by atoms with Crippen molar-refractivity contribution >= 4 is 0 Å². The van der Waals surface area contributed by atoms with Gasteiger partial charge in [0.1, 0.15) is 5.60 Å². The van der Waals surface area contributed by atoms with Crippen LogP contribution in [-0.4, -0.2) is 30.7 Å². The molecule has 0 atom stereocenters. The van der Waals surface area contributed by atoms with Crippen LogP contribution in [0.15, 0.2) is 0 Å². The van der Waals surface area contributed by atoms with Crippen molar-refractivity contribution < 1.29 is 4.74 Å². The van der Waals surface area contributed by atoms with Crippen LogP contribution in [0.2, 0.25) is 0 Å². The van der Waals surface area contributed by atoms with Gasteiger partial charge in [-0.05, 0) is 57.7 Å². The van der Waals surface area contributed by atoms with Crippen molar-refractivity contribution in [3.63, 3.8) is 0 Å². The SMILES string of the molecule is CCc1nc(C2(OC)CCC2)nc(CC)c1CCNC. The van der Waals surface area contributed by atoms with Crippen LogP contribution in [0, 0.1) is 0 Å². The Morgan fingerprint density at radius 2 is 1.75 bits per heavy atom. The van der Waals surface area contributed by atoms with Gasteiger partial charge < -0.3 is 10.1 Å². The molecule has 20 heavy (non-hydrogen) atoms. The van der Waals surface area contributed by atoms with Gasteiger partial charge in [0.2, 0.25) is 0 Å². The van der Waals surface area contributed by atoms with E-state index in [2.05, 4.69) is 19.2 Å². The van der Waals surface area contributed by atoms with Crippen LogP contribution in [0.4, 0.5) is 0 Å². The summed E-state index contributed by atoms with van der Waals surface area (Å²) in [6.45, 7) is 5.32. The zero-order valence-electron chi connectivity index (χ0n) is 13.3. The third-order valence-corrected chi connectivity index (χ3v) is 4.43. The van der Waals surface area contributed by atoms with E-state index in [1.54, 1.807) is 7.11 Å². The van der Waals surface area contributed by atoms with Crippen LogP contribution in [0.1, 0.15) is 55.9 Å². The number of aromatic nitrogens is 2. The Bertz CT molecular complexity index is 425. The quantitative estimate of drug-likeness (QED) is 0.831. The van der Waals surface area contributed by atoms with Gasteiger partial charge >= 0.3 is 0 Å². The first-order valence-corrected chi connectivity index (χ1v) is 7.79. The molecule has 1 aliphatic carbocycles. The van der Waals surface area contributed by atoms with Crippen molar-refractivity contribution in [1.29, 1.82) is 0 Å². The van der Waals surface area contributed by atoms with Gasteiger partial charge in [-0.3, -0.25) is 0 Å². The second kappa shape index (κ2) is 6.64. The zero-order chi connectivity index (χ0) is 14.6. The molecule has 4 nitrogen and oxygen atoms in total. The van der Waals surface area contributed by atoms with Gasteiger partial charge in [0.05, 0.1) is 0 Å². The number of hydrogen-bond donors (Lipinski definition) is 1. The smallest absolute Gasteiger partial charge is 0.160 e. The maximum Gasteiger partial charge on any atom is 0.160 e. The average Bonchev–Trinajstić information content (AvgIpc) is 2.44. The second-order valence-corrected chi connectivity index (χ2v) is 5.53. The van der Waals surface area contributed by atoms with Crippen LogP contribution in [0.25, 0.3) is 0 Å². The summed E-state index contributed by atoms with van der Waals surface area (Å²) in [5, 5.41) is 3.22. The predicted molar refractivity (Wildman–Crippen MR) is 81.0 cm³/mol. The van der Waals surface area contributed by atoms with E-state index in [0.717, 1.165) is 44.5 Å². The molecule has 0 unspecified atom stereocenters. The van der Waals surface area contributed by atoms with E-state index in [1.165, 1.54) is 23.4 Å². The van der Waals surface area contributed by atoms with E-state index >= 15 is 0 Å². The summed E-state index contributed by atoms with van der Waals surface area (Å²) in [6.07, 6.45) is 6.23. The average molecular weight is 277 g/mol. The van der Waals surface area contributed by atoms with E-state index in [-0.39, 0.29) is 5.60 Å². The van der Waals surface area contributed by atoms with Crippen molar-refractivity contribution in [3.05, 3.63) is 22.8 Å². The molecule has 112 valence electrons. The topological polar surface area (TPSA) is 47.0 Å². The summed E-state index contributed by atoms with van der Waals surface area (Å²) in [4.78, 5) is 9.71. The van der Waals surface area contributed by atoms with Crippen molar-refractivity contribution in [3.8, 4) is 0 Å². The molecule has 4 heteroatoms. The van der Waals surface area contributed by atoms with E-state index < -0.39 is 0 Å². The lowest BCUT2D eigenvalue weighted by molar-refractivity contribution is -0.0849. The Morgan fingerprint density at radius 1 is 1.15 bits per heavy atom. The summed E-state index contributed by atoms with van der Waals surface area (Å²) in [7, 11) is 3.77. The third kappa shape index (κ3) is 2.72. The third-order valence-electron chi connectivity index (χ3n) is 4.43. The molecule has 0 spiro atoms. The van der Waals surface area contributed by atoms with E-state index in [9.17, 15) is 0 Å². The monoisotopic (exact) mass is 277 g/mol. The van der Waals surface area contributed by atoms with Gasteiger partial charge in [-0.2, -0.15) is 0 Å². The van der Waals surface area contributed by atoms with Gasteiger partial charge in [-0.1, -0.05) is 13.8 Å². The van der Waals surface area contributed by atoms with Gasteiger partial charge in [0.25, 0.3) is 0 Å². The number of ether oxygens (including phenoxy) is 1. The molecule has 0 aromatic carbocycles. The number of methoxy groups -OCH3 is 1. The normalized spacial score (nSPS) is 17.0. The molecule has 1 heterocycles. The first kappa shape index (κ1) is 15.4. The molecule has 0 radical (unpaired) electrons. The minimum atomic E-state index is -0.213. The molecule has 1 fully saturated rings. The molecule has 2 rings (SSSR count). The second-order valence-electron chi connectivity index (χ2n) is 5.53. The number of nitrogens with one attached hydrogen (secondary N) is 1. The van der Waals surface area contributed by atoms with E-state index in [0.29, 0.717) is 0 Å². The van der Waals surface area contributed by atoms with Crippen molar-refractivity contribution in [2.24, 2.45) is 0 Å². The Kier molecular flexibility index (Phi) is 5.11.